The maximum atomic E-state index is 13.6. The van der Waals surface area contributed by atoms with Crippen molar-refractivity contribution in [1.29, 1.82) is 0 Å². The van der Waals surface area contributed by atoms with Gasteiger partial charge in [-0.3, -0.25) is 28.9 Å². The molecule has 0 bridgehead atoms. The molecule has 6 rings (SSSR count). The van der Waals surface area contributed by atoms with Gasteiger partial charge in [-0.25, -0.2) is 4.98 Å². The molecular weight excluding hydrogens is 514 g/mol. The van der Waals surface area contributed by atoms with Crippen molar-refractivity contribution in [1.82, 2.24) is 24.6 Å². The van der Waals surface area contributed by atoms with Gasteiger partial charge in [-0.05, 0) is 58.8 Å². The van der Waals surface area contributed by atoms with Crippen molar-refractivity contribution in [2.24, 2.45) is 5.41 Å². The van der Waals surface area contributed by atoms with Gasteiger partial charge in [0.25, 0.3) is 0 Å². The maximum absolute atomic E-state index is 13.6. The molecule has 3 amide bonds. The Bertz CT molecular complexity index is 1410. The highest BCUT2D eigenvalue weighted by atomic mass is 79.9. The summed E-state index contributed by atoms with van der Waals surface area (Å²) in [5.41, 5.74) is 1.47. The first-order valence-electron chi connectivity index (χ1n) is 11.6. The number of hydrogen-bond acceptors (Lipinski definition) is 6. The molecular formula is C24H24BrN7O3. The summed E-state index contributed by atoms with van der Waals surface area (Å²) in [6.07, 6.45) is 5.29. The molecule has 180 valence electrons. The summed E-state index contributed by atoms with van der Waals surface area (Å²) < 4.78 is 2.22. The minimum Gasteiger partial charge on any atom is -0.325 e. The van der Waals surface area contributed by atoms with Crippen molar-refractivity contribution in [3.63, 3.8) is 0 Å². The Labute approximate surface area is 209 Å². The Hall–Kier alpha value is -3.34. The van der Waals surface area contributed by atoms with Gasteiger partial charge in [0.1, 0.15) is 23.0 Å². The minimum atomic E-state index is -0.581. The number of fused-ring (bicyclic) bond motifs is 2. The fraction of sp³-hybridized carbons (Fsp3) is 0.417. The largest absolute Gasteiger partial charge is 0.325 e. The summed E-state index contributed by atoms with van der Waals surface area (Å²) in [7, 11) is 0. The summed E-state index contributed by atoms with van der Waals surface area (Å²) in [6, 6.07) is 4.95. The second-order valence-electron chi connectivity index (χ2n) is 9.85. The lowest BCUT2D eigenvalue weighted by Gasteiger charge is -2.28. The molecule has 11 heteroatoms. The molecule has 5 heterocycles. The van der Waals surface area contributed by atoms with Crippen LogP contribution < -0.4 is 10.2 Å². The standard InChI is InChI=1S/C24H24BrN7O3/c1-13-3-4-18(25)27-21(13)28-23(35)15-9-24(2)10-17(24)32(15)20(34)12-31-16-11-26-7-5-14(16)22(29-31)30-8-6-19(30)33/h3-5,7,11,15,17H,6,8-10,12H2,1-2H3,(H,27,28,35)/t15-,17+,24-/m0/s1. The van der Waals surface area contributed by atoms with Crippen molar-refractivity contribution < 1.29 is 14.4 Å². The van der Waals surface area contributed by atoms with E-state index in [1.54, 1.807) is 26.9 Å². The van der Waals surface area contributed by atoms with Gasteiger partial charge in [-0.15, -0.1) is 0 Å². The molecule has 35 heavy (non-hydrogen) atoms. The van der Waals surface area contributed by atoms with Gasteiger partial charge in [0.2, 0.25) is 17.7 Å². The predicted octanol–water partition coefficient (Wildman–Crippen LogP) is 2.65. The Balaban J connectivity index is 1.27. The molecule has 3 aromatic heterocycles. The number of aromatic nitrogens is 4. The Morgan fingerprint density at radius 1 is 1.26 bits per heavy atom. The van der Waals surface area contributed by atoms with E-state index in [2.05, 4.69) is 43.2 Å². The van der Waals surface area contributed by atoms with Gasteiger partial charge in [0.05, 0.1) is 11.7 Å². The molecule has 0 aromatic carbocycles. The van der Waals surface area contributed by atoms with Crippen LogP contribution in [0.5, 0.6) is 0 Å². The number of hydrogen-bond donors (Lipinski definition) is 1. The van der Waals surface area contributed by atoms with Crippen molar-refractivity contribution in [3.8, 4) is 0 Å². The van der Waals surface area contributed by atoms with Crippen LogP contribution in [0.25, 0.3) is 10.9 Å². The monoisotopic (exact) mass is 537 g/mol. The zero-order valence-electron chi connectivity index (χ0n) is 19.4. The van der Waals surface area contributed by atoms with E-state index in [1.165, 1.54) is 0 Å². The number of carbonyl (C=O) groups is 3. The number of nitrogens with one attached hydrogen (secondary N) is 1. The first kappa shape index (κ1) is 22.1. The summed E-state index contributed by atoms with van der Waals surface area (Å²) >= 11 is 3.35. The number of piperidine rings is 1. The number of pyridine rings is 2. The van der Waals surface area contributed by atoms with Crippen molar-refractivity contribution >= 4 is 56.2 Å². The number of carbonyl (C=O) groups excluding carboxylic acids is 3. The molecule has 3 aromatic rings. The number of likely N-dealkylation sites (tertiary alicyclic amines) is 1. The molecule has 1 saturated carbocycles. The number of aryl methyl sites for hydroxylation is 1. The quantitative estimate of drug-likeness (QED) is 0.395. The summed E-state index contributed by atoms with van der Waals surface area (Å²) in [6.45, 7) is 4.57. The number of β-lactam (4-membered cyclic amide) rings is 1. The van der Waals surface area contributed by atoms with E-state index in [1.807, 2.05) is 25.1 Å². The van der Waals surface area contributed by atoms with Crippen LogP contribution in [0.4, 0.5) is 11.6 Å². The third-order valence-electron chi connectivity index (χ3n) is 7.46. The molecule has 0 unspecified atom stereocenters. The Kier molecular flexibility index (Phi) is 4.96. The van der Waals surface area contributed by atoms with Gasteiger partial charge >= 0.3 is 0 Å². The van der Waals surface area contributed by atoms with Crippen molar-refractivity contribution in [2.75, 3.05) is 16.8 Å². The summed E-state index contributed by atoms with van der Waals surface area (Å²) in [5, 5.41) is 8.31. The van der Waals surface area contributed by atoms with Crippen LogP contribution >= 0.6 is 15.9 Å². The van der Waals surface area contributed by atoms with Crippen LogP contribution in [0.2, 0.25) is 0 Å². The van der Waals surface area contributed by atoms with Crippen LogP contribution in [0.3, 0.4) is 0 Å². The van der Waals surface area contributed by atoms with Crippen LogP contribution in [0.1, 0.15) is 31.7 Å². The molecule has 0 spiro atoms. The molecule has 0 radical (unpaired) electrons. The second kappa shape index (κ2) is 7.84. The minimum absolute atomic E-state index is 0.0150. The van der Waals surface area contributed by atoms with Crippen LogP contribution in [0, 0.1) is 12.3 Å². The first-order valence-corrected chi connectivity index (χ1v) is 12.4. The normalized spacial score (nSPS) is 24.9. The molecule has 2 aliphatic heterocycles. The average Bonchev–Trinajstić information content (AvgIpc) is 3.20. The Morgan fingerprint density at radius 3 is 2.83 bits per heavy atom. The zero-order valence-corrected chi connectivity index (χ0v) is 20.9. The van der Waals surface area contributed by atoms with Crippen molar-refractivity contribution in [2.45, 2.75) is 51.7 Å². The molecule has 2 saturated heterocycles. The molecule has 3 fully saturated rings. The fourth-order valence-electron chi connectivity index (χ4n) is 5.26. The second-order valence-corrected chi connectivity index (χ2v) is 10.7. The topological polar surface area (TPSA) is 113 Å². The lowest BCUT2D eigenvalue weighted by atomic mass is 10.0. The Morgan fingerprint density at radius 2 is 2.09 bits per heavy atom. The van der Waals surface area contributed by atoms with Crippen molar-refractivity contribution in [3.05, 3.63) is 40.8 Å². The fourth-order valence-corrected chi connectivity index (χ4v) is 5.57. The van der Waals surface area contributed by atoms with E-state index in [4.69, 9.17) is 0 Å². The van der Waals surface area contributed by atoms with E-state index < -0.39 is 6.04 Å². The zero-order chi connectivity index (χ0) is 24.5. The summed E-state index contributed by atoms with van der Waals surface area (Å²) in [4.78, 5) is 50.9. The lowest BCUT2D eigenvalue weighted by Crippen LogP contribution is -2.47. The third-order valence-corrected chi connectivity index (χ3v) is 7.90. The van der Waals surface area contributed by atoms with E-state index in [0.717, 1.165) is 17.4 Å². The van der Waals surface area contributed by atoms with Gasteiger partial charge in [-0.2, -0.15) is 5.10 Å². The molecule has 3 atom stereocenters. The van der Waals surface area contributed by atoms with E-state index in [0.29, 0.717) is 41.1 Å². The summed E-state index contributed by atoms with van der Waals surface area (Å²) in [5.74, 6) is 0.635. The number of halogens is 1. The highest BCUT2D eigenvalue weighted by Gasteiger charge is 2.64. The highest BCUT2D eigenvalue weighted by molar-refractivity contribution is 9.10. The van der Waals surface area contributed by atoms with Gasteiger partial charge in [0, 0.05) is 30.6 Å². The molecule has 1 aliphatic carbocycles. The SMILES string of the molecule is Cc1ccc(Br)nc1NC(=O)[C@@H]1C[C@@]2(C)C[C@H]2N1C(=O)Cn1nc(N2CCC2=O)c2ccncc21. The van der Waals surface area contributed by atoms with Gasteiger partial charge < -0.3 is 10.2 Å². The average molecular weight is 538 g/mol. The number of anilines is 2. The smallest absolute Gasteiger partial charge is 0.248 e. The van der Waals surface area contributed by atoms with Gasteiger partial charge in [0.15, 0.2) is 5.82 Å². The van der Waals surface area contributed by atoms with E-state index in [9.17, 15) is 14.4 Å². The van der Waals surface area contributed by atoms with Crippen LogP contribution in [-0.4, -0.2) is 61.0 Å². The van der Waals surface area contributed by atoms with Crippen LogP contribution in [-0.2, 0) is 20.9 Å². The van der Waals surface area contributed by atoms with Crippen LogP contribution in [0.15, 0.2) is 35.2 Å². The number of nitrogens with zero attached hydrogens (tertiary/aromatic N) is 6. The van der Waals surface area contributed by atoms with E-state index in [-0.39, 0.29) is 35.7 Å². The first-order chi connectivity index (χ1) is 16.7. The molecule has 3 aliphatic rings. The predicted molar refractivity (Wildman–Crippen MR) is 132 cm³/mol. The highest BCUT2D eigenvalue weighted by Crippen LogP contribution is 2.59. The maximum Gasteiger partial charge on any atom is 0.248 e. The molecule has 1 N–H and O–H groups in total. The van der Waals surface area contributed by atoms with Gasteiger partial charge in [-0.1, -0.05) is 13.0 Å². The lowest BCUT2D eigenvalue weighted by molar-refractivity contribution is -0.138. The third kappa shape index (κ3) is 3.60. The molecule has 10 nitrogen and oxygen atoms in total. The number of amides is 3. The number of rotatable bonds is 5. The van der Waals surface area contributed by atoms with E-state index >= 15 is 0 Å².